The highest BCUT2D eigenvalue weighted by Gasteiger charge is 2.19. The average Bonchev–Trinajstić information content (AvgIpc) is 3.24. The van der Waals surface area contributed by atoms with E-state index in [9.17, 15) is 10.1 Å². The molecular weight excluding hydrogens is 372 g/mol. The predicted octanol–water partition coefficient (Wildman–Crippen LogP) is 3.28. The van der Waals surface area contributed by atoms with Gasteiger partial charge in [-0.25, -0.2) is 4.98 Å². The molecule has 3 aromatic rings. The van der Waals surface area contributed by atoms with Gasteiger partial charge in [0.1, 0.15) is 5.01 Å². The molecule has 1 aliphatic rings. The van der Waals surface area contributed by atoms with E-state index in [1.807, 2.05) is 35.7 Å². The minimum atomic E-state index is -0.488. The fraction of sp³-hybridized carbons (Fsp3) is 0.190. The van der Waals surface area contributed by atoms with E-state index in [1.165, 1.54) is 11.3 Å². The van der Waals surface area contributed by atoms with E-state index < -0.39 is 5.91 Å². The molecule has 0 aliphatic carbocycles. The van der Waals surface area contributed by atoms with Crippen LogP contribution >= 0.6 is 11.3 Å². The van der Waals surface area contributed by atoms with Gasteiger partial charge in [0.25, 0.3) is 0 Å². The number of primary amides is 1. The van der Waals surface area contributed by atoms with Gasteiger partial charge in [-0.1, -0.05) is 18.2 Å². The lowest BCUT2D eigenvalue weighted by atomic mass is 10.0. The van der Waals surface area contributed by atoms with Crippen LogP contribution in [0.4, 0.5) is 5.69 Å². The number of hydrogen-bond donors (Lipinski definition) is 1. The number of rotatable bonds is 4. The first-order valence-electron chi connectivity index (χ1n) is 8.89. The summed E-state index contributed by atoms with van der Waals surface area (Å²) in [6.45, 7) is 2.96. The van der Waals surface area contributed by atoms with E-state index in [-0.39, 0.29) is 0 Å². The highest BCUT2D eigenvalue weighted by molar-refractivity contribution is 7.13. The molecule has 1 amide bonds. The third-order valence-electron chi connectivity index (χ3n) is 4.70. The zero-order valence-corrected chi connectivity index (χ0v) is 15.9. The Kier molecular flexibility index (Phi) is 5.06. The number of carbonyl (C=O) groups is 1. The van der Waals surface area contributed by atoms with Gasteiger partial charge < -0.3 is 15.4 Å². The molecule has 140 valence electrons. The molecular formula is C21H18N4O2S. The summed E-state index contributed by atoms with van der Waals surface area (Å²) in [5.41, 5.74) is 9.82. The summed E-state index contributed by atoms with van der Waals surface area (Å²) in [6.07, 6.45) is 0. The molecule has 7 heteroatoms. The van der Waals surface area contributed by atoms with Crippen LogP contribution < -0.4 is 10.6 Å². The maximum absolute atomic E-state index is 12.0. The van der Waals surface area contributed by atoms with Crippen molar-refractivity contribution in [2.24, 2.45) is 5.73 Å². The molecule has 2 aromatic carbocycles. The molecule has 4 rings (SSSR count). The molecule has 1 aliphatic heterocycles. The second kappa shape index (κ2) is 7.80. The Labute approximate surface area is 166 Å². The van der Waals surface area contributed by atoms with Crippen molar-refractivity contribution in [3.05, 3.63) is 59.0 Å². The van der Waals surface area contributed by atoms with Crippen molar-refractivity contribution in [1.29, 1.82) is 5.26 Å². The fourth-order valence-electron chi connectivity index (χ4n) is 3.27. The summed E-state index contributed by atoms with van der Waals surface area (Å²) in [4.78, 5) is 18.9. The molecule has 2 heterocycles. The standard InChI is InChI=1S/C21H18N4O2S/c22-12-14-3-1-2-4-16(14)19-13-28-21(24-19)18-11-15(5-6-17(18)20(23)26)25-7-9-27-10-8-25/h1-6,11,13H,7-10H2,(H2,23,26). The summed E-state index contributed by atoms with van der Waals surface area (Å²) in [5, 5.41) is 12.0. The van der Waals surface area contributed by atoms with E-state index >= 15 is 0 Å². The lowest BCUT2D eigenvalue weighted by molar-refractivity contribution is 0.100. The lowest BCUT2D eigenvalue weighted by Gasteiger charge is -2.29. The quantitative estimate of drug-likeness (QED) is 0.738. The SMILES string of the molecule is N#Cc1ccccc1-c1csc(-c2cc(N3CCOCC3)ccc2C(N)=O)n1. The summed E-state index contributed by atoms with van der Waals surface area (Å²) < 4.78 is 5.42. The Morgan fingerprint density at radius 2 is 1.96 bits per heavy atom. The molecule has 2 N–H and O–H groups in total. The molecule has 6 nitrogen and oxygen atoms in total. The van der Waals surface area contributed by atoms with Crippen molar-refractivity contribution in [1.82, 2.24) is 4.98 Å². The smallest absolute Gasteiger partial charge is 0.249 e. The molecule has 0 atom stereocenters. The van der Waals surface area contributed by atoms with Gasteiger partial charge in [0, 0.05) is 40.8 Å². The average molecular weight is 390 g/mol. The van der Waals surface area contributed by atoms with Crippen LogP contribution in [0.3, 0.4) is 0 Å². The molecule has 28 heavy (non-hydrogen) atoms. The normalized spacial score (nSPS) is 13.9. The van der Waals surface area contributed by atoms with Crippen LogP contribution in [0, 0.1) is 11.3 Å². The second-order valence-electron chi connectivity index (χ2n) is 6.39. The molecule has 1 aromatic heterocycles. The van der Waals surface area contributed by atoms with Crippen LogP contribution in [0.5, 0.6) is 0 Å². The number of ether oxygens (including phenoxy) is 1. The summed E-state index contributed by atoms with van der Waals surface area (Å²) in [5.74, 6) is -0.488. The number of amides is 1. The van der Waals surface area contributed by atoms with Gasteiger partial charge in [-0.05, 0) is 24.3 Å². The van der Waals surface area contributed by atoms with Crippen LogP contribution in [-0.2, 0) is 4.74 Å². The Balaban J connectivity index is 1.77. The predicted molar refractivity (Wildman–Crippen MR) is 109 cm³/mol. The number of benzene rings is 2. The molecule has 0 spiro atoms. The van der Waals surface area contributed by atoms with Crippen molar-refractivity contribution in [2.75, 3.05) is 31.2 Å². The third-order valence-corrected chi connectivity index (χ3v) is 5.58. The zero-order chi connectivity index (χ0) is 19.5. The maximum atomic E-state index is 12.0. The number of nitrogens with two attached hydrogens (primary N) is 1. The van der Waals surface area contributed by atoms with Crippen LogP contribution in [0.2, 0.25) is 0 Å². The zero-order valence-electron chi connectivity index (χ0n) is 15.1. The van der Waals surface area contributed by atoms with Gasteiger partial charge in [-0.3, -0.25) is 4.79 Å². The van der Waals surface area contributed by atoms with Crippen molar-refractivity contribution >= 4 is 22.9 Å². The van der Waals surface area contributed by atoms with Crippen molar-refractivity contribution in [3.8, 4) is 27.9 Å². The number of nitrogens with zero attached hydrogens (tertiary/aromatic N) is 3. The van der Waals surface area contributed by atoms with Gasteiger partial charge in [0.2, 0.25) is 5.91 Å². The maximum Gasteiger partial charge on any atom is 0.249 e. The number of aromatic nitrogens is 1. The lowest BCUT2D eigenvalue weighted by Crippen LogP contribution is -2.36. The van der Waals surface area contributed by atoms with E-state index in [2.05, 4.69) is 11.0 Å². The number of nitriles is 1. The van der Waals surface area contributed by atoms with E-state index in [0.29, 0.717) is 40.6 Å². The monoisotopic (exact) mass is 390 g/mol. The fourth-order valence-corrected chi connectivity index (χ4v) is 4.12. The van der Waals surface area contributed by atoms with Crippen molar-refractivity contribution in [2.45, 2.75) is 0 Å². The van der Waals surface area contributed by atoms with Crippen molar-refractivity contribution in [3.63, 3.8) is 0 Å². The van der Waals surface area contributed by atoms with Crippen molar-refractivity contribution < 1.29 is 9.53 Å². The first-order valence-corrected chi connectivity index (χ1v) is 9.77. The first-order chi connectivity index (χ1) is 13.7. The van der Waals surface area contributed by atoms with E-state index in [1.54, 1.807) is 12.1 Å². The summed E-state index contributed by atoms with van der Waals surface area (Å²) >= 11 is 1.43. The number of hydrogen-bond acceptors (Lipinski definition) is 6. The molecule has 0 unspecified atom stereocenters. The number of carbonyl (C=O) groups excluding carboxylic acids is 1. The molecule has 0 radical (unpaired) electrons. The van der Waals surface area contributed by atoms with Crippen LogP contribution in [0.15, 0.2) is 47.8 Å². The topological polar surface area (TPSA) is 92.2 Å². The van der Waals surface area contributed by atoms with Crippen LogP contribution in [0.25, 0.3) is 21.8 Å². The largest absolute Gasteiger partial charge is 0.378 e. The third kappa shape index (κ3) is 3.48. The number of morpholine rings is 1. The highest BCUT2D eigenvalue weighted by atomic mass is 32.1. The minimum absolute atomic E-state index is 0.437. The number of thiazole rings is 1. The second-order valence-corrected chi connectivity index (χ2v) is 7.25. The summed E-state index contributed by atoms with van der Waals surface area (Å²) in [6, 6.07) is 15.2. The van der Waals surface area contributed by atoms with Crippen LogP contribution in [0.1, 0.15) is 15.9 Å². The highest BCUT2D eigenvalue weighted by Crippen LogP contribution is 2.34. The van der Waals surface area contributed by atoms with Gasteiger partial charge >= 0.3 is 0 Å². The molecule has 0 saturated carbocycles. The van der Waals surface area contributed by atoms with Gasteiger partial charge in [0.05, 0.1) is 30.5 Å². The molecule has 1 saturated heterocycles. The summed E-state index contributed by atoms with van der Waals surface area (Å²) in [7, 11) is 0. The molecule has 0 bridgehead atoms. The van der Waals surface area contributed by atoms with Gasteiger partial charge in [-0.15, -0.1) is 11.3 Å². The molecule has 1 fully saturated rings. The minimum Gasteiger partial charge on any atom is -0.378 e. The Bertz CT molecular complexity index is 1060. The van der Waals surface area contributed by atoms with E-state index in [0.717, 1.165) is 24.3 Å². The first kappa shape index (κ1) is 18.2. The van der Waals surface area contributed by atoms with Crippen LogP contribution in [-0.4, -0.2) is 37.2 Å². The Morgan fingerprint density at radius 1 is 1.18 bits per heavy atom. The van der Waals surface area contributed by atoms with Gasteiger partial charge in [-0.2, -0.15) is 5.26 Å². The Hall–Kier alpha value is -3.21. The number of anilines is 1. The van der Waals surface area contributed by atoms with Gasteiger partial charge in [0.15, 0.2) is 0 Å². The Morgan fingerprint density at radius 3 is 2.71 bits per heavy atom. The van der Waals surface area contributed by atoms with E-state index in [4.69, 9.17) is 15.5 Å².